The predicted octanol–water partition coefficient (Wildman–Crippen LogP) is 4.96. The first-order valence-corrected chi connectivity index (χ1v) is 13.6. The number of nitrogens with one attached hydrogen (secondary N) is 2. The van der Waals surface area contributed by atoms with Crippen molar-refractivity contribution in [2.45, 2.75) is 31.3 Å². The van der Waals surface area contributed by atoms with Gasteiger partial charge in [0, 0.05) is 12.0 Å². The van der Waals surface area contributed by atoms with Gasteiger partial charge >= 0.3 is 11.7 Å². The number of halogens is 2. The highest BCUT2D eigenvalue weighted by atomic mass is 35.5. The lowest BCUT2D eigenvalue weighted by Crippen LogP contribution is -2.45. The fourth-order valence-electron chi connectivity index (χ4n) is 4.54. The number of fused-ring (bicyclic) bond motifs is 1. The van der Waals surface area contributed by atoms with Gasteiger partial charge in [0.2, 0.25) is 0 Å². The minimum absolute atomic E-state index is 0.0105. The lowest BCUT2D eigenvalue weighted by atomic mass is 9.97. The third-order valence-corrected chi connectivity index (χ3v) is 8.36. The average molecular weight is 555 g/mol. The molecule has 8 nitrogen and oxygen atoms in total. The van der Waals surface area contributed by atoms with Crippen molar-refractivity contribution < 1.29 is 17.5 Å². The molecule has 2 heterocycles. The van der Waals surface area contributed by atoms with E-state index in [0.29, 0.717) is 23.2 Å². The molecule has 0 spiro atoms. The Kier molecular flexibility index (Phi) is 6.85. The van der Waals surface area contributed by atoms with Crippen LogP contribution in [0.15, 0.2) is 70.4 Å². The number of allylic oxidation sites excluding steroid dienone is 1. The molecule has 5 rings (SSSR count). The molecule has 0 amide bonds. The second kappa shape index (κ2) is 10.1. The number of rotatable bonds is 6. The molecule has 1 aromatic heterocycles. The molecule has 0 saturated carbocycles. The van der Waals surface area contributed by atoms with E-state index in [-0.39, 0.29) is 28.0 Å². The standard InChI is InChI=1S/C27H24ClFN4O4S/c1-16-5-3-6-21(11-16)38(35,36)33-15-20(37-27-30-26(34)31-32-27)14-19-10-9-18(13-24(19)33)12-17(2)25-22(28)7-4-8-23(25)29/h3-13,20H,14-15H2,1-2H3,(H2,30,31,32,34)/b17-12+/t20-/m1/s1. The Balaban J connectivity index is 1.58. The van der Waals surface area contributed by atoms with Gasteiger partial charge in [-0.3, -0.25) is 9.29 Å². The van der Waals surface area contributed by atoms with Crippen molar-refractivity contribution in [3.63, 3.8) is 0 Å². The van der Waals surface area contributed by atoms with E-state index in [4.69, 9.17) is 16.3 Å². The smallest absolute Gasteiger partial charge is 0.343 e. The van der Waals surface area contributed by atoms with Gasteiger partial charge in [-0.15, -0.1) is 5.10 Å². The highest BCUT2D eigenvalue weighted by molar-refractivity contribution is 7.92. The molecule has 0 saturated heterocycles. The average Bonchev–Trinajstić information content (AvgIpc) is 3.28. The zero-order valence-electron chi connectivity index (χ0n) is 20.5. The second-order valence-electron chi connectivity index (χ2n) is 9.09. The molecule has 1 atom stereocenters. The van der Waals surface area contributed by atoms with Gasteiger partial charge in [-0.2, -0.15) is 0 Å². The maximum atomic E-state index is 14.5. The Morgan fingerprint density at radius 3 is 2.68 bits per heavy atom. The van der Waals surface area contributed by atoms with Gasteiger partial charge in [0.1, 0.15) is 11.9 Å². The van der Waals surface area contributed by atoms with Crippen LogP contribution in [0, 0.1) is 12.7 Å². The van der Waals surface area contributed by atoms with Crippen LogP contribution >= 0.6 is 11.6 Å². The molecule has 0 aliphatic carbocycles. The van der Waals surface area contributed by atoms with Crippen molar-refractivity contribution in [3.05, 3.63) is 104 Å². The Morgan fingerprint density at radius 2 is 1.97 bits per heavy atom. The summed E-state index contributed by atoms with van der Waals surface area (Å²) < 4.78 is 49.3. The number of H-pyrrole nitrogens is 2. The molecule has 38 heavy (non-hydrogen) atoms. The van der Waals surface area contributed by atoms with Crippen LogP contribution in [0.25, 0.3) is 11.6 Å². The minimum atomic E-state index is -3.98. The molecule has 0 radical (unpaired) electrons. The first kappa shape index (κ1) is 25.7. The van der Waals surface area contributed by atoms with E-state index in [1.807, 2.05) is 25.1 Å². The monoisotopic (exact) mass is 554 g/mol. The van der Waals surface area contributed by atoms with E-state index < -0.39 is 27.6 Å². The van der Waals surface area contributed by atoms with Gasteiger partial charge in [-0.1, -0.05) is 48.0 Å². The van der Waals surface area contributed by atoms with E-state index in [0.717, 1.165) is 11.1 Å². The number of anilines is 1. The van der Waals surface area contributed by atoms with Crippen LogP contribution in [0.4, 0.5) is 10.1 Å². The quantitative estimate of drug-likeness (QED) is 0.328. The van der Waals surface area contributed by atoms with Gasteiger partial charge in [-0.05, 0) is 66.4 Å². The summed E-state index contributed by atoms with van der Waals surface area (Å²) in [5, 5.41) is 6.31. The normalized spacial score (nSPS) is 15.8. The van der Waals surface area contributed by atoms with Crippen LogP contribution in [-0.4, -0.2) is 36.2 Å². The summed E-state index contributed by atoms with van der Waals surface area (Å²) in [5.41, 5.74) is 3.07. The van der Waals surface area contributed by atoms with Crippen LogP contribution in [0.3, 0.4) is 0 Å². The molecule has 0 fully saturated rings. The molecule has 0 unspecified atom stereocenters. The summed E-state index contributed by atoms with van der Waals surface area (Å²) in [6.07, 6.45) is 1.53. The Hall–Kier alpha value is -3.89. The van der Waals surface area contributed by atoms with E-state index in [1.54, 1.807) is 49.4 Å². The minimum Gasteiger partial charge on any atom is -0.458 e. The number of aryl methyl sites for hydroxylation is 1. The summed E-state index contributed by atoms with van der Waals surface area (Å²) in [6.45, 7) is 3.56. The van der Waals surface area contributed by atoms with Crippen LogP contribution in [0.2, 0.25) is 5.02 Å². The number of hydrogen-bond donors (Lipinski definition) is 2. The van der Waals surface area contributed by atoms with E-state index in [2.05, 4.69) is 15.2 Å². The van der Waals surface area contributed by atoms with Crippen LogP contribution < -0.4 is 14.7 Å². The molecule has 1 aliphatic heterocycles. The number of nitrogens with zero attached hydrogens (tertiary/aromatic N) is 2. The molecule has 11 heteroatoms. The van der Waals surface area contributed by atoms with Crippen molar-refractivity contribution >= 4 is 39.0 Å². The van der Waals surface area contributed by atoms with Gasteiger partial charge in [0.15, 0.2) is 0 Å². The first-order chi connectivity index (χ1) is 18.1. The molecular weight excluding hydrogens is 531 g/mol. The fraction of sp³-hybridized carbons (Fsp3) is 0.185. The van der Waals surface area contributed by atoms with Crippen molar-refractivity contribution in [2.75, 3.05) is 10.8 Å². The predicted molar refractivity (Wildman–Crippen MR) is 144 cm³/mol. The molecule has 4 aromatic rings. The largest absolute Gasteiger partial charge is 0.458 e. The number of benzene rings is 3. The maximum absolute atomic E-state index is 14.5. The lowest BCUT2D eigenvalue weighted by Gasteiger charge is -2.35. The molecule has 1 aliphatic rings. The molecule has 3 aromatic carbocycles. The Bertz CT molecular complexity index is 1690. The molecule has 0 bridgehead atoms. The highest BCUT2D eigenvalue weighted by Crippen LogP contribution is 2.35. The van der Waals surface area contributed by atoms with Crippen LogP contribution in [-0.2, 0) is 16.4 Å². The number of ether oxygens (including phenoxy) is 1. The summed E-state index contributed by atoms with van der Waals surface area (Å²) in [7, 11) is -3.98. The third-order valence-electron chi connectivity index (χ3n) is 6.27. The van der Waals surface area contributed by atoms with Gasteiger partial charge < -0.3 is 4.74 Å². The lowest BCUT2D eigenvalue weighted by molar-refractivity contribution is 0.190. The number of aromatic amines is 2. The SMILES string of the molecule is C/C(=C\c1ccc2c(c1)N(S(=O)(=O)c1cccc(C)c1)C[C@H](Oc1n[nH]c(=O)[nH]1)C2)c1c(F)cccc1Cl. The first-order valence-electron chi connectivity index (χ1n) is 11.8. The summed E-state index contributed by atoms with van der Waals surface area (Å²) >= 11 is 6.24. The highest BCUT2D eigenvalue weighted by Gasteiger charge is 2.35. The Morgan fingerprint density at radius 1 is 1.18 bits per heavy atom. The molecule has 196 valence electrons. The van der Waals surface area contributed by atoms with Crippen molar-refractivity contribution in [1.82, 2.24) is 15.2 Å². The molecule has 2 N–H and O–H groups in total. The summed E-state index contributed by atoms with van der Waals surface area (Å²) in [6, 6.07) is 16.6. The van der Waals surface area contributed by atoms with Crippen molar-refractivity contribution in [3.8, 4) is 6.01 Å². The van der Waals surface area contributed by atoms with Crippen LogP contribution in [0.5, 0.6) is 6.01 Å². The van der Waals surface area contributed by atoms with Gasteiger partial charge in [-0.25, -0.2) is 22.7 Å². The maximum Gasteiger partial charge on any atom is 0.343 e. The number of hydrogen-bond acceptors (Lipinski definition) is 5. The van der Waals surface area contributed by atoms with E-state index in [9.17, 15) is 17.6 Å². The van der Waals surface area contributed by atoms with E-state index >= 15 is 0 Å². The van der Waals surface area contributed by atoms with Crippen molar-refractivity contribution in [1.29, 1.82) is 0 Å². The fourth-order valence-corrected chi connectivity index (χ4v) is 6.49. The third kappa shape index (κ3) is 5.09. The zero-order valence-corrected chi connectivity index (χ0v) is 22.1. The second-order valence-corrected chi connectivity index (χ2v) is 11.4. The zero-order chi connectivity index (χ0) is 27.0. The summed E-state index contributed by atoms with van der Waals surface area (Å²) in [4.78, 5) is 14.0. The molecular formula is C27H24ClFN4O4S. The van der Waals surface area contributed by atoms with Crippen LogP contribution in [0.1, 0.15) is 29.2 Å². The summed E-state index contributed by atoms with van der Waals surface area (Å²) in [5.74, 6) is -0.440. The van der Waals surface area contributed by atoms with Gasteiger partial charge in [0.25, 0.3) is 10.0 Å². The van der Waals surface area contributed by atoms with Gasteiger partial charge in [0.05, 0.1) is 22.2 Å². The topological polar surface area (TPSA) is 108 Å². The van der Waals surface area contributed by atoms with E-state index in [1.165, 1.54) is 10.4 Å². The number of sulfonamides is 1. The number of aromatic nitrogens is 3. The van der Waals surface area contributed by atoms with Crippen molar-refractivity contribution in [2.24, 2.45) is 0 Å². The Labute approximate surface area is 223 Å².